The Bertz CT molecular complexity index is 1490. The Balaban J connectivity index is 1.32. The summed E-state index contributed by atoms with van der Waals surface area (Å²) < 4.78 is 12.1. The van der Waals surface area contributed by atoms with E-state index in [2.05, 4.69) is 10.6 Å². The summed E-state index contributed by atoms with van der Waals surface area (Å²) in [5.74, 6) is 0.386. The number of para-hydroxylation sites is 1. The third-order valence-electron chi connectivity index (χ3n) is 5.75. The molecule has 0 saturated carbocycles. The second-order valence-electron chi connectivity index (χ2n) is 8.21. The molecule has 5 aromatic rings. The summed E-state index contributed by atoms with van der Waals surface area (Å²) in [6.45, 7) is 0.309. The zero-order valence-corrected chi connectivity index (χ0v) is 20.0. The number of ether oxygens (including phenoxy) is 1. The van der Waals surface area contributed by atoms with Crippen LogP contribution in [-0.4, -0.2) is 28.7 Å². The first-order valence-electron chi connectivity index (χ1n) is 11.6. The molecule has 2 N–H and O–H groups in total. The SMILES string of the molecule is COc1ccc(-c2nn(-c3ccccc3)cc2C(=O)NCc2ccc(NC(=O)c3ccco3)cc2)cc1. The number of benzene rings is 3. The summed E-state index contributed by atoms with van der Waals surface area (Å²) in [5.41, 5.74) is 4.19. The summed E-state index contributed by atoms with van der Waals surface area (Å²) in [4.78, 5) is 25.4. The molecule has 0 fully saturated rings. The van der Waals surface area contributed by atoms with Crippen molar-refractivity contribution in [2.45, 2.75) is 6.54 Å². The standard InChI is InChI=1S/C29H24N4O4/c1-36-24-15-11-21(12-16-24)27-25(19-33(32-27)23-6-3-2-4-7-23)28(34)30-18-20-9-13-22(14-10-20)31-29(35)26-8-5-17-37-26/h2-17,19H,18H2,1H3,(H,30,34)(H,31,35). The lowest BCUT2D eigenvalue weighted by molar-refractivity contribution is 0.0950. The molecule has 184 valence electrons. The lowest BCUT2D eigenvalue weighted by Crippen LogP contribution is -2.23. The van der Waals surface area contributed by atoms with E-state index in [9.17, 15) is 9.59 Å². The van der Waals surface area contributed by atoms with Crippen LogP contribution < -0.4 is 15.4 Å². The Hall–Kier alpha value is -5.11. The monoisotopic (exact) mass is 492 g/mol. The van der Waals surface area contributed by atoms with Gasteiger partial charge in [0.1, 0.15) is 11.4 Å². The van der Waals surface area contributed by atoms with Gasteiger partial charge in [-0.15, -0.1) is 0 Å². The molecule has 5 rings (SSSR count). The van der Waals surface area contributed by atoms with Gasteiger partial charge in [-0.1, -0.05) is 30.3 Å². The molecule has 0 radical (unpaired) electrons. The van der Waals surface area contributed by atoms with Gasteiger partial charge in [-0.05, 0) is 66.2 Å². The average molecular weight is 493 g/mol. The second-order valence-corrected chi connectivity index (χ2v) is 8.21. The summed E-state index contributed by atoms with van der Waals surface area (Å²) in [6.07, 6.45) is 3.18. The molecule has 3 aromatic carbocycles. The number of aromatic nitrogens is 2. The molecule has 2 heterocycles. The number of methoxy groups -OCH3 is 1. The molecule has 0 unspecified atom stereocenters. The van der Waals surface area contributed by atoms with Crippen molar-refractivity contribution in [1.82, 2.24) is 15.1 Å². The van der Waals surface area contributed by atoms with Crippen LogP contribution in [0.2, 0.25) is 0 Å². The quantitative estimate of drug-likeness (QED) is 0.305. The number of amides is 2. The molecule has 0 spiro atoms. The highest BCUT2D eigenvalue weighted by atomic mass is 16.5. The fraction of sp³-hybridized carbons (Fsp3) is 0.0690. The number of carbonyl (C=O) groups is 2. The fourth-order valence-electron chi connectivity index (χ4n) is 3.80. The molecule has 0 aliphatic rings. The number of hydrogen-bond donors (Lipinski definition) is 2. The van der Waals surface area contributed by atoms with Crippen molar-refractivity contribution in [3.8, 4) is 22.7 Å². The minimum atomic E-state index is -0.326. The molecular weight excluding hydrogens is 468 g/mol. The van der Waals surface area contributed by atoms with Crippen LogP contribution in [0.5, 0.6) is 5.75 Å². The predicted octanol–water partition coefficient (Wildman–Crippen LogP) is 5.32. The van der Waals surface area contributed by atoms with Crippen LogP contribution in [0.15, 0.2) is 108 Å². The predicted molar refractivity (Wildman–Crippen MR) is 140 cm³/mol. The molecule has 8 heteroatoms. The minimum Gasteiger partial charge on any atom is -0.497 e. The van der Waals surface area contributed by atoms with Gasteiger partial charge in [-0.2, -0.15) is 5.10 Å². The lowest BCUT2D eigenvalue weighted by atomic mass is 10.1. The van der Waals surface area contributed by atoms with Crippen molar-refractivity contribution in [2.24, 2.45) is 0 Å². The normalized spacial score (nSPS) is 10.6. The molecule has 0 saturated heterocycles. The van der Waals surface area contributed by atoms with Crippen LogP contribution >= 0.6 is 0 Å². The van der Waals surface area contributed by atoms with Gasteiger partial charge in [0.15, 0.2) is 5.76 Å². The average Bonchev–Trinajstić information content (AvgIpc) is 3.64. The van der Waals surface area contributed by atoms with E-state index in [1.54, 1.807) is 42.3 Å². The van der Waals surface area contributed by atoms with Crippen LogP contribution in [0, 0.1) is 0 Å². The molecule has 0 atom stereocenters. The molecule has 37 heavy (non-hydrogen) atoms. The topological polar surface area (TPSA) is 98.4 Å². The molecule has 2 aromatic heterocycles. The summed E-state index contributed by atoms with van der Waals surface area (Å²) in [5, 5.41) is 10.5. The Morgan fingerprint density at radius 1 is 0.892 bits per heavy atom. The van der Waals surface area contributed by atoms with Crippen LogP contribution in [0.25, 0.3) is 16.9 Å². The number of carbonyl (C=O) groups excluding carboxylic acids is 2. The van der Waals surface area contributed by atoms with Crippen LogP contribution in [0.3, 0.4) is 0 Å². The second kappa shape index (κ2) is 10.7. The van der Waals surface area contributed by atoms with Gasteiger partial charge >= 0.3 is 0 Å². The first-order chi connectivity index (χ1) is 18.1. The first kappa shape index (κ1) is 23.6. The molecular formula is C29H24N4O4. The van der Waals surface area contributed by atoms with Crippen LogP contribution in [-0.2, 0) is 6.54 Å². The van der Waals surface area contributed by atoms with E-state index in [-0.39, 0.29) is 17.6 Å². The van der Waals surface area contributed by atoms with Crippen molar-refractivity contribution in [3.05, 3.63) is 120 Å². The van der Waals surface area contributed by atoms with Crippen LogP contribution in [0.1, 0.15) is 26.5 Å². The van der Waals surface area contributed by atoms with Gasteiger partial charge in [0.05, 0.1) is 24.6 Å². The van der Waals surface area contributed by atoms with Crippen molar-refractivity contribution in [3.63, 3.8) is 0 Å². The largest absolute Gasteiger partial charge is 0.497 e. The fourth-order valence-corrected chi connectivity index (χ4v) is 3.80. The number of anilines is 1. The van der Waals surface area contributed by atoms with E-state index in [4.69, 9.17) is 14.3 Å². The third kappa shape index (κ3) is 5.43. The van der Waals surface area contributed by atoms with Gasteiger partial charge in [0, 0.05) is 24.0 Å². The lowest BCUT2D eigenvalue weighted by Gasteiger charge is -2.08. The van der Waals surface area contributed by atoms with E-state index >= 15 is 0 Å². The van der Waals surface area contributed by atoms with Gasteiger partial charge in [-0.3, -0.25) is 9.59 Å². The number of rotatable bonds is 8. The van der Waals surface area contributed by atoms with Gasteiger partial charge < -0.3 is 19.8 Å². The Kier molecular flexibility index (Phi) is 6.80. The van der Waals surface area contributed by atoms with Crippen molar-refractivity contribution in [2.75, 3.05) is 12.4 Å². The Morgan fingerprint density at radius 2 is 1.65 bits per heavy atom. The summed E-state index contributed by atoms with van der Waals surface area (Å²) in [6, 6.07) is 27.6. The number of nitrogens with zero attached hydrogens (tertiary/aromatic N) is 2. The first-order valence-corrected chi connectivity index (χ1v) is 11.6. The number of furan rings is 1. The maximum absolute atomic E-state index is 13.3. The molecule has 0 bridgehead atoms. The Morgan fingerprint density at radius 3 is 2.32 bits per heavy atom. The smallest absolute Gasteiger partial charge is 0.291 e. The molecule has 0 aliphatic carbocycles. The van der Waals surface area contributed by atoms with Crippen LogP contribution in [0.4, 0.5) is 5.69 Å². The molecule has 0 aliphatic heterocycles. The maximum Gasteiger partial charge on any atom is 0.291 e. The summed E-state index contributed by atoms with van der Waals surface area (Å²) in [7, 11) is 1.61. The van der Waals surface area contributed by atoms with Gasteiger partial charge in [0.25, 0.3) is 11.8 Å². The maximum atomic E-state index is 13.3. The van der Waals surface area contributed by atoms with Crippen molar-refractivity contribution >= 4 is 17.5 Å². The van der Waals surface area contributed by atoms with E-state index in [1.807, 2.05) is 66.7 Å². The van der Waals surface area contributed by atoms with Crippen molar-refractivity contribution < 1.29 is 18.7 Å². The van der Waals surface area contributed by atoms with Gasteiger partial charge in [0.2, 0.25) is 0 Å². The van der Waals surface area contributed by atoms with Gasteiger partial charge in [-0.25, -0.2) is 4.68 Å². The van der Waals surface area contributed by atoms with E-state index in [0.717, 1.165) is 22.6 Å². The zero-order valence-electron chi connectivity index (χ0n) is 20.0. The van der Waals surface area contributed by atoms with E-state index in [1.165, 1.54) is 6.26 Å². The van der Waals surface area contributed by atoms with E-state index < -0.39 is 0 Å². The van der Waals surface area contributed by atoms with Crippen molar-refractivity contribution in [1.29, 1.82) is 0 Å². The summed E-state index contributed by atoms with van der Waals surface area (Å²) >= 11 is 0. The minimum absolute atomic E-state index is 0.236. The Labute approximate surface area is 213 Å². The molecule has 2 amide bonds. The highest BCUT2D eigenvalue weighted by Crippen LogP contribution is 2.26. The van der Waals surface area contributed by atoms with E-state index in [0.29, 0.717) is 23.5 Å². The number of nitrogens with one attached hydrogen (secondary N) is 2. The third-order valence-corrected chi connectivity index (χ3v) is 5.75. The highest BCUT2D eigenvalue weighted by Gasteiger charge is 2.19. The molecule has 8 nitrogen and oxygen atoms in total. The highest BCUT2D eigenvalue weighted by molar-refractivity contribution is 6.02. The zero-order chi connectivity index (χ0) is 25.6. The number of hydrogen-bond acceptors (Lipinski definition) is 5.